The Morgan fingerprint density at radius 2 is 0.857 bits per heavy atom. The van der Waals surface area contributed by atoms with Crippen molar-refractivity contribution in [3.8, 4) is 0 Å². The van der Waals surface area contributed by atoms with Crippen molar-refractivity contribution in [1.29, 1.82) is 0 Å². The molecule has 0 bridgehead atoms. The van der Waals surface area contributed by atoms with E-state index in [9.17, 15) is 19.5 Å². The second kappa shape index (κ2) is 46.1. The number of carboxylic acid groups (broad SMARTS) is 1. The van der Waals surface area contributed by atoms with Gasteiger partial charge in [-0.15, -0.1) is 0 Å². The first-order chi connectivity index (χ1) is 30.6. The number of carbonyl (C=O) groups is 3. The van der Waals surface area contributed by atoms with Crippen LogP contribution in [0.15, 0.2) is 36.5 Å². The van der Waals surface area contributed by atoms with Crippen LogP contribution in [0.3, 0.4) is 0 Å². The summed E-state index contributed by atoms with van der Waals surface area (Å²) in [7, 11) is 5.96. The molecule has 0 spiro atoms. The van der Waals surface area contributed by atoms with Crippen molar-refractivity contribution in [3.05, 3.63) is 36.5 Å². The Labute approximate surface area is 388 Å². The molecule has 0 saturated carbocycles. The molecule has 0 aromatic carbocycles. The number of aliphatic carboxylic acids is 1. The van der Waals surface area contributed by atoms with E-state index in [1.54, 1.807) is 0 Å². The number of allylic oxidation sites excluding steroid dienone is 6. The van der Waals surface area contributed by atoms with Crippen molar-refractivity contribution in [3.63, 3.8) is 0 Å². The molecule has 63 heavy (non-hydrogen) atoms. The van der Waals surface area contributed by atoms with Crippen molar-refractivity contribution in [2.24, 2.45) is 0 Å². The summed E-state index contributed by atoms with van der Waals surface area (Å²) in [6.07, 6.45) is 50.7. The van der Waals surface area contributed by atoms with Crippen molar-refractivity contribution in [2.45, 2.75) is 245 Å². The molecule has 0 rings (SSSR count). The van der Waals surface area contributed by atoms with Gasteiger partial charge in [0.15, 0.2) is 6.10 Å². The molecule has 0 amide bonds. The molecule has 9 nitrogen and oxygen atoms in total. The predicted octanol–water partition coefficient (Wildman–Crippen LogP) is 14.6. The summed E-state index contributed by atoms with van der Waals surface area (Å²) in [6, 6.07) is 0. The summed E-state index contributed by atoms with van der Waals surface area (Å²) in [5.41, 5.74) is 0. The first-order valence-corrected chi connectivity index (χ1v) is 26.2. The largest absolute Gasteiger partial charge is 0.477 e. The number of esters is 2. The zero-order valence-electron chi connectivity index (χ0n) is 41.7. The summed E-state index contributed by atoms with van der Waals surface area (Å²) in [4.78, 5) is 37.2. The highest BCUT2D eigenvalue weighted by molar-refractivity contribution is 5.71. The van der Waals surface area contributed by atoms with Gasteiger partial charge in [-0.05, 0) is 51.4 Å². The second-order valence-corrected chi connectivity index (χ2v) is 18.8. The molecule has 0 saturated heterocycles. The zero-order valence-corrected chi connectivity index (χ0v) is 41.7. The minimum absolute atomic E-state index is 0.179. The van der Waals surface area contributed by atoms with Crippen LogP contribution in [0, 0.1) is 0 Å². The fourth-order valence-corrected chi connectivity index (χ4v) is 7.31. The van der Waals surface area contributed by atoms with Gasteiger partial charge < -0.3 is 28.5 Å². The predicted molar refractivity (Wildman–Crippen MR) is 263 cm³/mol. The van der Waals surface area contributed by atoms with Gasteiger partial charge >= 0.3 is 17.9 Å². The first-order valence-electron chi connectivity index (χ1n) is 26.2. The van der Waals surface area contributed by atoms with E-state index in [0.29, 0.717) is 17.4 Å². The number of nitrogens with zero attached hydrogens (tertiary/aromatic N) is 1. The van der Waals surface area contributed by atoms with Crippen molar-refractivity contribution >= 4 is 17.9 Å². The van der Waals surface area contributed by atoms with E-state index in [4.69, 9.17) is 18.9 Å². The zero-order chi connectivity index (χ0) is 46.3. The summed E-state index contributed by atoms with van der Waals surface area (Å²) in [6.45, 7) is 4.87. The number of rotatable bonds is 48. The van der Waals surface area contributed by atoms with Gasteiger partial charge in [0.2, 0.25) is 0 Å². The highest BCUT2D eigenvalue weighted by Crippen LogP contribution is 2.16. The quantitative estimate of drug-likeness (QED) is 0.0212. The maximum Gasteiger partial charge on any atom is 0.361 e. The summed E-state index contributed by atoms with van der Waals surface area (Å²) < 4.78 is 22.8. The Balaban J connectivity index is 4.20. The standard InChI is InChI=1S/C54H99NO8/c1-6-8-10-12-14-16-18-19-20-21-22-23-24-25-26-27-28-29-30-31-32-33-35-37-39-41-43-45-52(57)63-50(49-62-54(53(58)59)60-47-46-55(3,4)5)48-61-51(56)44-42-40-38-36-34-17-15-13-11-9-7-2/h18-19,21-22,24-25,50,54H,6-17,20,23,26-49H2,1-5H3/p+1/b19-18-,22-21-,25-24-. The number of hydrogen-bond acceptors (Lipinski definition) is 7. The lowest BCUT2D eigenvalue weighted by Gasteiger charge is -2.25. The fourth-order valence-electron chi connectivity index (χ4n) is 7.31. The number of carbonyl (C=O) groups excluding carboxylic acids is 2. The number of carboxylic acids is 1. The summed E-state index contributed by atoms with van der Waals surface area (Å²) >= 11 is 0. The Morgan fingerprint density at radius 3 is 1.27 bits per heavy atom. The monoisotopic (exact) mass is 891 g/mol. The maximum atomic E-state index is 12.8. The highest BCUT2D eigenvalue weighted by Gasteiger charge is 2.25. The first kappa shape index (κ1) is 60.5. The number of ether oxygens (including phenoxy) is 4. The third-order valence-corrected chi connectivity index (χ3v) is 11.4. The van der Waals surface area contributed by atoms with E-state index in [-0.39, 0.29) is 32.2 Å². The molecule has 0 aliphatic rings. The van der Waals surface area contributed by atoms with Crippen LogP contribution in [0.25, 0.3) is 0 Å². The van der Waals surface area contributed by atoms with Gasteiger partial charge in [0.05, 0.1) is 34.4 Å². The van der Waals surface area contributed by atoms with E-state index in [1.165, 1.54) is 154 Å². The molecule has 1 N–H and O–H groups in total. The number of quaternary nitrogens is 1. The molecule has 0 aromatic rings. The van der Waals surface area contributed by atoms with Crippen molar-refractivity contribution in [1.82, 2.24) is 0 Å². The Morgan fingerprint density at radius 1 is 0.476 bits per heavy atom. The van der Waals surface area contributed by atoms with Gasteiger partial charge in [0.1, 0.15) is 13.2 Å². The number of likely N-dealkylation sites (N-methyl/N-ethyl adjacent to an activating group) is 1. The molecule has 0 fully saturated rings. The molecule has 2 atom stereocenters. The third-order valence-electron chi connectivity index (χ3n) is 11.4. The average molecular weight is 891 g/mol. The third kappa shape index (κ3) is 47.3. The van der Waals surface area contributed by atoms with Gasteiger partial charge in [0, 0.05) is 12.8 Å². The molecule has 0 aliphatic carbocycles. The minimum atomic E-state index is -1.51. The van der Waals surface area contributed by atoms with E-state index < -0.39 is 24.3 Å². The van der Waals surface area contributed by atoms with E-state index >= 15 is 0 Å². The lowest BCUT2D eigenvalue weighted by atomic mass is 10.0. The molecule has 368 valence electrons. The van der Waals surface area contributed by atoms with Crippen LogP contribution < -0.4 is 0 Å². The van der Waals surface area contributed by atoms with Gasteiger partial charge in [-0.1, -0.05) is 204 Å². The Hall–Kier alpha value is -2.49. The van der Waals surface area contributed by atoms with Crippen LogP contribution in [0.1, 0.15) is 232 Å². The normalized spacial score (nSPS) is 13.1. The van der Waals surface area contributed by atoms with E-state index in [2.05, 4.69) is 50.3 Å². The molecular weight excluding hydrogens is 791 g/mol. The van der Waals surface area contributed by atoms with Crippen LogP contribution >= 0.6 is 0 Å². The minimum Gasteiger partial charge on any atom is -0.477 e. The van der Waals surface area contributed by atoms with Gasteiger partial charge in [-0.2, -0.15) is 0 Å². The summed E-state index contributed by atoms with van der Waals surface area (Å²) in [5.74, 6) is -2.00. The highest BCUT2D eigenvalue weighted by atomic mass is 16.7. The molecule has 0 radical (unpaired) electrons. The summed E-state index contributed by atoms with van der Waals surface area (Å²) in [5, 5.41) is 9.65. The smallest absolute Gasteiger partial charge is 0.361 e. The van der Waals surface area contributed by atoms with Crippen LogP contribution in [0.4, 0.5) is 0 Å². The number of unbranched alkanes of at least 4 members (excludes halogenated alkanes) is 27. The average Bonchev–Trinajstić information content (AvgIpc) is 3.24. The lowest BCUT2D eigenvalue weighted by Crippen LogP contribution is -2.40. The molecular formula is C54H100NO8+. The van der Waals surface area contributed by atoms with Gasteiger partial charge in [0.25, 0.3) is 6.29 Å². The van der Waals surface area contributed by atoms with Gasteiger partial charge in [-0.25, -0.2) is 4.79 Å². The molecule has 2 unspecified atom stereocenters. The maximum absolute atomic E-state index is 12.8. The molecule has 0 heterocycles. The number of hydrogen-bond donors (Lipinski definition) is 1. The van der Waals surface area contributed by atoms with E-state index in [1.807, 2.05) is 21.1 Å². The van der Waals surface area contributed by atoms with Crippen molar-refractivity contribution < 1.29 is 42.9 Å². The lowest BCUT2D eigenvalue weighted by molar-refractivity contribution is -0.870. The van der Waals surface area contributed by atoms with Crippen molar-refractivity contribution in [2.75, 3.05) is 47.5 Å². The van der Waals surface area contributed by atoms with Crippen LogP contribution in [0.5, 0.6) is 0 Å². The topological polar surface area (TPSA) is 108 Å². The molecule has 0 aromatic heterocycles. The van der Waals surface area contributed by atoms with Crippen LogP contribution in [-0.2, 0) is 33.3 Å². The van der Waals surface area contributed by atoms with Crippen LogP contribution in [-0.4, -0.2) is 87.4 Å². The SMILES string of the molecule is CCCCCCC/C=C\C/C=C\C/C=C\CCCCCCCCCCCCCCC(=O)OC(COC(=O)CCCCCCCCCCCCC)COC(OCC[N+](C)(C)C)C(=O)O. The molecule has 9 heteroatoms. The Kier molecular flexibility index (Phi) is 44.2. The van der Waals surface area contributed by atoms with Crippen LogP contribution in [0.2, 0.25) is 0 Å². The van der Waals surface area contributed by atoms with Gasteiger partial charge in [-0.3, -0.25) is 9.59 Å². The molecule has 0 aliphatic heterocycles. The fraction of sp³-hybridized carbons (Fsp3) is 0.833. The Bertz CT molecular complexity index is 1130. The second-order valence-electron chi connectivity index (χ2n) is 18.8. The van der Waals surface area contributed by atoms with E-state index in [0.717, 1.165) is 51.4 Å².